The van der Waals surface area contributed by atoms with Crippen molar-refractivity contribution in [3.63, 3.8) is 0 Å². The summed E-state index contributed by atoms with van der Waals surface area (Å²) in [6, 6.07) is 6.03. The van der Waals surface area contributed by atoms with E-state index < -0.39 is 18.0 Å². The fourth-order valence-electron chi connectivity index (χ4n) is 1.79. The number of benzene rings is 1. The van der Waals surface area contributed by atoms with Crippen molar-refractivity contribution in [1.82, 2.24) is 19.9 Å². The van der Waals surface area contributed by atoms with Gasteiger partial charge in [0, 0.05) is 11.8 Å². The number of carboxylic acid groups (broad SMARTS) is 1. The minimum atomic E-state index is -4.70. The fraction of sp³-hybridized carbons (Fsp3) is 0.0769. The van der Waals surface area contributed by atoms with E-state index >= 15 is 0 Å². The molecule has 0 atom stereocenters. The molecular formula is C13H7F3N4O3. The number of nitrogens with zero attached hydrogens (tertiary/aromatic N) is 4. The van der Waals surface area contributed by atoms with Crippen molar-refractivity contribution in [2.45, 2.75) is 6.18 Å². The minimum Gasteiger partial charge on any atom is -0.478 e. The summed E-state index contributed by atoms with van der Waals surface area (Å²) in [5, 5.41) is 16.0. The minimum absolute atomic E-state index is 0.0158. The number of hydrogen-bond acceptors (Lipinski definition) is 5. The molecule has 0 aliphatic carbocycles. The van der Waals surface area contributed by atoms with E-state index in [1.165, 1.54) is 41.3 Å². The molecule has 0 spiro atoms. The Balaban J connectivity index is 1.87. The van der Waals surface area contributed by atoms with E-state index in [2.05, 4.69) is 19.8 Å². The van der Waals surface area contributed by atoms with Gasteiger partial charge in [0.1, 0.15) is 0 Å². The zero-order valence-electron chi connectivity index (χ0n) is 11.2. The van der Waals surface area contributed by atoms with Crippen molar-refractivity contribution >= 4 is 5.97 Å². The molecule has 0 saturated heterocycles. The first-order valence-electron chi connectivity index (χ1n) is 6.14. The van der Waals surface area contributed by atoms with Crippen molar-refractivity contribution in [2.24, 2.45) is 0 Å². The molecular weight excluding hydrogens is 317 g/mol. The molecule has 0 bridgehead atoms. The van der Waals surface area contributed by atoms with Gasteiger partial charge in [0.05, 0.1) is 17.4 Å². The first-order chi connectivity index (χ1) is 10.8. The molecule has 1 N–H and O–H groups in total. The molecule has 10 heteroatoms. The van der Waals surface area contributed by atoms with Gasteiger partial charge in [-0.25, -0.2) is 9.48 Å². The van der Waals surface area contributed by atoms with E-state index in [0.717, 1.165) is 0 Å². The van der Waals surface area contributed by atoms with E-state index in [1.54, 1.807) is 0 Å². The number of hydrogen-bond donors (Lipinski definition) is 1. The van der Waals surface area contributed by atoms with Gasteiger partial charge in [-0.2, -0.15) is 23.3 Å². The highest BCUT2D eigenvalue weighted by atomic mass is 19.4. The summed E-state index contributed by atoms with van der Waals surface area (Å²) >= 11 is 0. The first kappa shape index (κ1) is 14.8. The van der Waals surface area contributed by atoms with E-state index in [9.17, 15) is 18.0 Å². The van der Waals surface area contributed by atoms with Gasteiger partial charge in [0.2, 0.25) is 5.82 Å². The lowest BCUT2D eigenvalue weighted by atomic mass is 10.2. The van der Waals surface area contributed by atoms with Crippen LogP contribution in [0.25, 0.3) is 17.1 Å². The summed E-state index contributed by atoms with van der Waals surface area (Å²) in [7, 11) is 0. The smallest absolute Gasteiger partial charge is 0.471 e. The maximum Gasteiger partial charge on any atom is 0.471 e. The maximum atomic E-state index is 12.4. The molecule has 0 saturated carbocycles. The van der Waals surface area contributed by atoms with Gasteiger partial charge in [0.25, 0.3) is 0 Å². The average molecular weight is 324 g/mol. The SMILES string of the molecule is O=C(O)c1cnn(-c2ccc(-c3noc(C(F)(F)F)n3)cc2)c1. The second-order valence-corrected chi connectivity index (χ2v) is 4.45. The van der Waals surface area contributed by atoms with Crippen molar-refractivity contribution < 1.29 is 27.6 Å². The molecule has 0 amide bonds. The van der Waals surface area contributed by atoms with Crippen molar-refractivity contribution in [3.05, 3.63) is 48.1 Å². The predicted molar refractivity (Wildman–Crippen MR) is 68.8 cm³/mol. The Hall–Kier alpha value is -3.17. The van der Waals surface area contributed by atoms with Gasteiger partial charge >= 0.3 is 18.0 Å². The molecule has 1 aromatic carbocycles. The van der Waals surface area contributed by atoms with Gasteiger partial charge in [-0.05, 0) is 24.3 Å². The van der Waals surface area contributed by atoms with Crippen LogP contribution in [0.5, 0.6) is 0 Å². The Kier molecular flexibility index (Phi) is 3.36. The summed E-state index contributed by atoms with van der Waals surface area (Å²) < 4.78 is 42.7. The number of aromatic carboxylic acids is 1. The molecule has 3 aromatic rings. The van der Waals surface area contributed by atoms with Crippen LogP contribution >= 0.6 is 0 Å². The van der Waals surface area contributed by atoms with Crippen molar-refractivity contribution in [3.8, 4) is 17.1 Å². The Morgan fingerprint density at radius 1 is 1.22 bits per heavy atom. The number of aromatic nitrogens is 4. The van der Waals surface area contributed by atoms with Crippen LogP contribution in [0.4, 0.5) is 13.2 Å². The lowest BCUT2D eigenvalue weighted by Crippen LogP contribution is -2.04. The van der Waals surface area contributed by atoms with Gasteiger partial charge in [-0.3, -0.25) is 0 Å². The first-order valence-corrected chi connectivity index (χ1v) is 6.14. The largest absolute Gasteiger partial charge is 0.478 e. The molecule has 2 heterocycles. The third-order valence-electron chi connectivity index (χ3n) is 2.89. The third kappa shape index (κ3) is 2.91. The van der Waals surface area contributed by atoms with Crippen LogP contribution < -0.4 is 0 Å². The zero-order valence-corrected chi connectivity index (χ0v) is 11.2. The molecule has 0 fully saturated rings. The van der Waals surface area contributed by atoms with Crippen LogP contribution in [0.15, 0.2) is 41.2 Å². The van der Waals surface area contributed by atoms with Crippen LogP contribution in [-0.2, 0) is 6.18 Å². The van der Waals surface area contributed by atoms with E-state index in [4.69, 9.17) is 5.11 Å². The molecule has 118 valence electrons. The second kappa shape index (κ2) is 5.23. The maximum absolute atomic E-state index is 12.4. The highest BCUT2D eigenvalue weighted by Gasteiger charge is 2.38. The standard InChI is InChI=1S/C13H7F3N4O3/c14-13(15,16)12-18-10(19-23-12)7-1-3-9(4-2-7)20-6-8(5-17-20)11(21)22/h1-6H,(H,21,22). The lowest BCUT2D eigenvalue weighted by molar-refractivity contribution is -0.159. The lowest BCUT2D eigenvalue weighted by Gasteiger charge is -2.01. The van der Waals surface area contributed by atoms with E-state index in [-0.39, 0.29) is 11.4 Å². The monoisotopic (exact) mass is 324 g/mol. The van der Waals surface area contributed by atoms with E-state index in [1.807, 2.05) is 0 Å². The highest BCUT2D eigenvalue weighted by molar-refractivity contribution is 5.87. The molecule has 2 aromatic heterocycles. The van der Waals surface area contributed by atoms with Crippen LogP contribution in [0.3, 0.4) is 0 Å². The number of alkyl halides is 3. The van der Waals surface area contributed by atoms with Crippen molar-refractivity contribution in [1.29, 1.82) is 0 Å². The Bertz CT molecular complexity index is 852. The number of carboxylic acids is 1. The molecule has 0 unspecified atom stereocenters. The summed E-state index contributed by atoms with van der Waals surface area (Å²) in [4.78, 5) is 14.1. The van der Waals surface area contributed by atoms with Crippen LogP contribution in [0, 0.1) is 0 Å². The molecule has 3 rings (SSSR count). The molecule has 7 nitrogen and oxygen atoms in total. The van der Waals surface area contributed by atoms with Gasteiger partial charge in [-0.1, -0.05) is 5.16 Å². The second-order valence-electron chi connectivity index (χ2n) is 4.45. The number of rotatable bonds is 3. The van der Waals surface area contributed by atoms with Crippen LogP contribution in [0.2, 0.25) is 0 Å². The molecule has 0 radical (unpaired) electrons. The van der Waals surface area contributed by atoms with Crippen LogP contribution in [-0.4, -0.2) is 31.0 Å². The molecule has 23 heavy (non-hydrogen) atoms. The average Bonchev–Trinajstić information content (AvgIpc) is 3.16. The predicted octanol–water partition coefficient (Wildman–Crippen LogP) is 2.64. The Labute approximate surface area is 126 Å². The summed E-state index contributed by atoms with van der Waals surface area (Å²) in [6.45, 7) is 0. The van der Waals surface area contributed by atoms with Gasteiger partial charge < -0.3 is 9.63 Å². The quantitative estimate of drug-likeness (QED) is 0.796. The van der Waals surface area contributed by atoms with E-state index in [0.29, 0.717) is 11.3 Å². The van der Waals surface area contributed by atoms with Crippen LogP contribution in [0.1, 0.15) is 16.2 Å². The summed E-state index contributed by atoms with van der Waals surface area (Å²) in [5.41, 5.74) is 0.862. The summed E-state index contributed by atoms with van der Waals surface area (Å²) in [5.74, 6) is -2.73. The van der Waals surface area contributed by atoms with Crippen molar-refractivity contribution in [2.75, 3.05) is 0 Å². The Morgan fingerprint density at radius 3 is 2.43 bits per heavy atom. The number of carbonyl (C=O) groups is 1. The van der Waals surface area contributed by atoms with Gasteiger partial charge in [0.15, 0.2) is 0 Å². The zero-order chi connectivity index (χ0) is 16.6. The fourth-order valence-corrected chi connectivity index (χ4v) is 1.79. The van der Waals surface area contributed by atoms with Gasteiger partial charge in [-0.15, -0.1) is 0 Å². The topological polar surface area (TPSA) is 94.0 Å². The highest BCUT2D eigenvalue weighted by Crippen LogP contribution is 2.29. The molecule has 0 aliphatic rings. The summed E-state index contributed by atoms with van der Waals surface area (Å²) in [6.07, 6.45) is -2.20. The Morgan fingerprint density at radius 2 is 1.91 bits per heavy atom. The third-order valence-corrected chi connectivity index (χ3v) is 2.89. The molecule has 0 aliphatic heterocycles. The number of halogens is 3. The normalized spacial score (nSPS) is 11.6.